The molecule has 2 heterocycles. The summed E-state index contributed by atoms with van der Waals surface area (Å²) in [5, 5.41) is 15.4. The van der Waals surface area contributed by atoms with E-state index in [9.17, 15) is 4.79 Å². The van der Waals surface area contributed by atoms with Crippen molar-refractivity contribution in [2.24, 2.45) is 0 Å². The Bertz CT molecular complexity index is 657. The molecule has 0 bridgehead atoms. The van der Waals surface area contributed by atoms with Gasteiger partial charge in [0.1, 0.15) is 0 Å². The average molecular weight is 291 g/mol. The number of hydrogen-bond acceptors (Lipinski definition) is 5. The van der Waals surface area contributed by atoms with Crippen molar-refractivity contribution >= 4 is 22.2 Å². The first kappa shape index (κ1) is 13.2. The summed E-state index contributed by atoms with van der Waals surface area (Å²) < 4.78 is 1.60. The molecule has 0 spiro atoms. The van der Waals surface area contributed by atoms with Crippen LogP contribution in [0, 0.1) is 6.92 Å². The molecule has 1 N–H and O–H groups in total. The fraction of sp³-hybridized carbons (Fsp3) is 0.538. The van der Waals surface area contributed by atoms with Crippen LogP contribution in [0.25, 0.3) is 4.96 Å². The summed E-state index contributed by atoms with van der Waals surface area (Å²) in [5.41, 5.74) is 1.46. The van der Waals surface area contributed by atoms with Gasteiger partial charge >= 0.3 is 0 Å². The van der Waals surface area contributed by atoms with Crippen LogP contribution in [0.15, 0.2) is 11.6 Å². The van der Waals surface area contributed by atoms with Crippen LogP contribution in [0.3, 0.4) is 0 Å². The van der Waals surface area contributed by atoms with Gasteiger partial charge in [0.2, 0.25) is 9.97 Å². The number of aromatic nitrogens is 4. The van der Waals surface area contributed by atoms with Gasteiger partial charge in [0.15, 0.2) is 5.82 Å². The molecule has 20 heavy (non-hydrogen) atoms. The number of aryl methyl sites for hydroxylation is 1. The number of nitrogens with zero attached hydrogens (tertiary/aromatic N) is 4. The van der Waals surface area contributed by atoms with Crippen LogP contribution in [0.2, 0.25) is 0 Å². The molecule has 0 atom stereocenters. The summed E-state index contributed by atoms with van der Waals surface area (Å²) >= 11 is 1.26. The topological polar surface area (TPSA) is 72.2 Å². The van der Waals surface area contributed by atoms with E-state index in [1.165, 1.54) is 42.6 Å². The second-order valence-electron chi connectivity index (χ2n) is 4.96. The Kier molecular flexibility index (Phi) is 3.77. The van der Waals surface area contributed by atoms with Gasteiger partial charge in [0, 0.05) is 6.54 Å². The summed E-state index contributed by atoms with van der Waals surface area (Å²) in [4.78, 5) is 12.7. The van der Waals surface area contributed by atoms with Crippen LogP contribution in [0.1, 0.15) is 47.7 Å². The molecule has 1 aliphatic carbocycles. The number of fused-ring (bicyclic) bond motifs is 1. The zero-order chi connectivity index (χ0) is 13.9. The number of amides is 1. The normalized spacial score (nSPS) is 15.3. The van der Waals surface area contributed by atoms with Gasteiger partial charge in [-0.3, -0.25) is 4.79 Å². The van der Waals surface area contributed by atoms with Gasteiger partial charge in [0.05, 0.1) is 0 Å². The van der Waals surface area contributed by atoms with Crippen molar-refractivity contribution in [3.8, 4) is 0 Å². The van der Waals surface area contributed by atoms with E-state index < -0.39 is 0 Å². The van der Waals surface area contributed by atoms with Crippen LogP contribution >= 0.6 is 11.3 Å². The third kappa shape index (κ3) is 2.72. The predicted octanol–water partition coefficient (Wildman–Crippen LogP) is 2.11. The molecule has 6 nitrogen and oxygen atoms in total. The SMILES string of the molecule is Cc1nnc2sc(C(=O)NCCC3=CCCCC3)nn12. The van der Waals surface area contributed by atoms with E-state index in [4.69, 9.17) is 0 Å². The highest BCUT2D eigenvalue weighted by atomic mass is 32.1. The van der Waals surface area contributed by atoms with E-state index in [0.717, 1.165) is 6.42 Å². The first-order valence-electron chi connectivity index (χ1n) is 6.89. The molecule has 1 aliphatic rings. The van der Waals surface area contributed by atoms with Gasteiger partial charge in [-0.2, -0.15) is 4.52 Å². The highest BCUT2D eigenvalue weighted by Crippen LogP contribution is 2.19. The monoisotopic (exact) mass is 291 g/mol. The minimum absolute atomic E-state index is 0.128. The summed E-state index contributed by atoms with van der Waals surface area (Å²) in [6.45, 7) is 2.49. The number of carbonyl (C=O) groups excluding carboxylic acids is 1. The van der Waals surface area contributed by atoms with Gasteiger partial charge in [0.25, 0.3) is 5.91 Å². The summed E-state index contributed by atoms with van der Waals surface area (Å²) in [7, 11) is 0. The van der Waals surface area contributed by atoms with Crippen molar-refractivity contribution in [3.05, 3.63) is 22.5 Å². The lowest BCUT2D eigenvalue weighted by atomic mass is 9.97. The smallest absolute Gasteiger partial charge is 0.282 e. The minimum atomic E-state index is -0.128. The Morgan fingerprint density at radius 2 is 2.35 bits per heavy atom. The Labute approximate surface area is 120 Å². The number of carbonyl (C=O) groups is 1. The predicted molar refractivity (Wildman–Crippen MR) is 76.9 cm³/mol. The molecule has 7 heteroatoms. The van der Waals surface area contributed by atoms with Crippen LogP contribution in [-0.4, -0.2) is 32.3 Å². The van der Waals surface area contributed by atoms with Crippen molar-refractivity contribution in [3.63, 3.8) is 0 Å². The first-order chi connectivity index (χ1) is 9.74. The third-order valence-electron chi connectivity index (χ3n) is 3.46. The van der Waals surface area contributed by atoms with Gasteiger partial charge < -0.3 is 5.32 Å². The van der Waals surface area contributed by atoms with Crippen molar-refractivity contribution in [2.75, 3.05) is 6.54 Å². The molecular formula is C13H17N5OS. The number of nitrogens with one attached hydrogen (secondary N) is 1. The number of rotatable bonds is 4. The third-order valence-corrected chi connectivity index (χ3v) is 4.36. The van der Waals surface area contributed by atoms with E-state index >= 15 is 0 Å². The molecule has 0 saturated carbocycles. The lowest BCUT2D eigenvalue weighted by molar-refractivity contribution is 0.0952. The lowest BCUT2D eigenvalue weighted by Crippen LogP contribution is -2.25. The molecule has 0 saturated heterocycles. The standard InChI is InChI=1S/C13H17N5OS/c1-9-15-16-13-18(9)17-12(20-13)11(19)14-8-7-10-5-3-2-4-6-10/h5H,2-4,6-8H2,1H3,(H,14,19). The van der Waals surface area contributed by atoms with Gasteiger partial charge in [-0.1, -0.05) is 23.0 Å². The van der Waals surface area contributed by atoms with Gasteiger partial charge in [-0.25, -0.2) is 0 Å². The Balaban J connectivity index is 1.57. The quantitative estimate of drug-likeness (QED) is 0.876. The second kappa shape index (κ2) is 5.70. The largest absolute Gasteiger partial charge is 0.350 e. The van der Waals surface area contributed by atoms with Crippen LogP contribution < -0.4 is 5.32 Å². The van der Waals surface area contributed by atoms with Crippen molar-refractivity contribution in [2.45, 2.75) is 39.0 Å². The molecule has 2 aromatic heterocycles. The summed E-state index contributed by atoms with van der Waals surface area (Å²) in [6, 6.07) is 0. The second-order valence-corrected chi connectivity index (χ2v) is 5.92. The lowest BCUT2D eigenvalue weighted by Gasteiger charge is -2.12. The van der Waals surface area contributed by atoms with Crippen molar-refractivity contribution in [1.29, 1.82) is 0 Å². The molecule has 3 rings (SSSR count). The zero-order valence-electron chi connectivity index (χ0n) is 11.4. The van der Waals surface area contributed by atoms with Crippen LogP contribution in [0.4, 0.5) is 0 Å². The molecule has 0 unspecified atom stereocenters. The fourth-order valence-corrected chi connectivity index (χ4v) is 3.15. The molecular weight excluding hydrogens is 274 g/mol. The summed E-state index contributed by atoms with van der Waals surface area (Å²) in [6.07, 6.45) is 8.17. The maximum atomic E-state index is 12.0. The highest BCUT2D eigenvalue weighted by Gasteiger charge is 2.15. The minimum Gasteiger partial charge on any atom is -0.350 e. The Morgan fingerprint density at radius 1 is 1.45 bits per heavy atom. The molecule has 0 radical (unpaired) electrons. The van der Waals surface area contributed by atoms with E-state index in [-0.39, 0.29) is 5.91 Å². The van der Waals surface area contributed by atoms with Gasteiger partial charge in [-0.15, -0.1) is 15.3 Å². The molecule has 0 aliphatic heterocycles. The highest BCUT2D eigenvalue weighted by molar-refractivity contribution is 7.18. The van der Waals surface area contributed by atoms with Crippen LogP contribution in [0.5, 0.6) is 0 Å². The van der Waals surface area contributed by atoms with Crippen LogP contribution in [-0.2, 0) is 0 Å². The van der Waals surface area contributed by atoms with E-state index in [0.29, 0.717) is 22.3 Å². The maximum Gasteiger partial charge on any atom is 0.282 e. The van der Waals surface area contributed by atoms with Crippen molar-refractivity contribution < 1.29 is 4.79 Å². The molecule has 106 valence electrons. The summed E-state index contributed by atoms with van der Waals surface area (Å²) in [5.74, 6) is 0.568. The Morgan fingerprint density at radius 3 is 3.10 bits per heavy atom. The molecule has 0 fully saturated rings. The van der Waals surface area contributed by atoms with E-state index in [2.05, 4.69) is 26.7 Å². The zero-order valence-corrected chi connectivity index (χ0v) is 12.2. The maximum absolute atomic E-state index is 12.0. The Hall–Kier alpha value is -1.76. The fourth-order valence-electron chi connectivity index (χ4n) is 2.35. The van der Waals surface area contributed by atoms with E-state index in [1.54, 1.807) is 4.52 Å². The number of allylic oxidation sites excluding steroid dienone is 1. The number of hydrogen-bond donors (Lipinski definition) is 1. The molecule has 0 aromatic carbocycles. The van der Waals surface area contributed by atoms with E-state index in [1.807, 2.05) is 6.92 Å². The van der Waals surface area contributed by atoms with Crippen molar-refractivity contribution in [1.82, 2.24) is 25.1 Å². The average Bonchev–Trinajstić information content (AvgIpc) is 3.03. The molecule has 2 aromatic rings. The first-order valence-corrected chi connectivity index (χ1v) is 7.70. The van der Waals surface area contributed by atoms with Gasteiger partial charge in [-0.05, 0) is 39.0 Å². The molecule has 1 amide bonds.